The van der Waals surface area contributed by atoms with Crippen molar-refractivity contribution < 1.29 is 13.6 Å². The quantitative estimate of drug-likeness (QED) is 0.573. The molecule has 4 heteroatoms. The summed E-state index contributed by atoms with van der Waals surface area (Å²) >= 11 is 1.46. The van der Waals surface area contributed by atoms with Crippen LogP contribution >= 0.6 is 11.3 Å². The Bertz CT molecular complexity index is 680. The fourth-order valence-electron chi connectivity index (χ4n) is 2.74. The van der Waals surface area contributed by atoms with E-state index in [9.17, 15) is 13.6 Å². The number of hydrogen-bond donors (Lipinski definition) is 0. The summed E-state index contributed by atoms with van der Waals surface area (Å²) in [6, 6.07) is 3.99. The van der Waals surface area contributed by atoms with Gasteiger partial charge in [-0.3, -0.25) is 4.79 Å². The number of benzene rings is 1. The largest absolute Gasteiger partial charge is 0.288 e. The minimum absolute atomic E-state index is 0.0368. The molecule has 1 aliphatic carbocycles. The SMILES string of the molecule is Cc1cc(C(=O)c2cc3c(s2)CCCCC3)c(F)cc1F. The fraction of sp³-hybridized carbons (Fsp3) is 0.353. The van der Waals surface area contributed by atoms with Crippen LogP contribution in [0.4, 0.5) is 8.78 Å². The van der Waals surface area contributed by atoms with Crippen molar-refractivity contribution in [3.8, 4) is 0 Å². The third-order valence-corrected chi connectivity index (χ3v) is 5.20. The topological polar surface area (TPSA) is 17.1 Å². The van der Waals surface area contributed by atoms with Crippen LogP contribution in [-0.2, 0) is 12.8 Å². The molecule has 1 heterocycles. The number of hydrogen-bond acceptors (Lipinski definition) is 2. The maximum Gasteiger partial charge on any atom is 0.205 e. The van der Waals surface area contributed by atoms with E-state index in [1.165, 1.54) is 41.2 Å². The van der Waals surface area contributed by atoms with Crippen molar-refractivity contribution in [1.29, 1.82) is 0 Å². The first kappa shape index (κ1) is 14.4. The third-order valence-electron chi connectivity index (χ3n) is 3.96. The highest BCUT2D eigenvalue weighted by Crippen LogP contribution is 2.31. The lowest BCUT2D eigenvalue weighted by atomic mass is 10.0. The van der Waals surface area contributed by atoms with Crippen molar-refractivity contribution in [2.24, 2.45) is 0 Å². The molecule has 0 bridgehead atoms. The van der Waals surface area contributed by atoms with Crippen LogP contribution in [0, 0.1) is 18.6 Å². The first-order valence-corrected chi connectivity index (χ1v) is 8.00. The average molecular weight is 306 g/mol. The summed E-state index contributed by atoms with van der Waals surface area (Å²) in [7, 11) is 0. The van der Waals surface area contributed by atoms with E-state index in [1.54, 1.807) is 0 Å². The zero-order valence-corrected chi connectivity index (χ0v) is 12.7. The molecule has 1 aromatic carbocycles. The maximum atomic E-state index is 13.9. The Morgan fingerprint density at radius 2 is 1.81 bits per heavy atom. The van der Waals surface area contributed by atoms with Gasteiger partial charge in [-0.05, 0) is 55.9 Å². The summed E-state index contributed by atoms with van der Waals surface area (Å²) in [6.45, 7) is 1.54. The minimum atomic E-state index is -0.785. The zero-order chi connectivity index (χ0) is 15.0. The molecule has 3 rings (SSSR count). The number of carbonyl (C=O) groups is 1. The van der Waals surface area contributed by atoms with Crippen LogP contribution in [0.15, 0.2) is 18.2 Å². The molecule has 0 saturated carbocycles. The number of ketones is 1. The van der Waals surface area contributed by atoms with Gasteiger partial charge in [-0.25, -0.2) is 8.78 Å². The second-order valence-corrected chi connectivity index (χ2v) is 6.67. The number of aryl methyl sites for hydroxylation is 3. The molecule has 1 nitrogen and oxygen atoms in total. The van der Waals surface area contributed by atoms with Crippen LogP contribution < -0.4 is 0 Å². The summed E-state index contributed by atoms with van der Waals surface area (Å²) in [6.07, 6.45) is 5.49. The molecule has 21 heavy (non-hydrogen) atoms. The van der Waals surface area contributed by atoms with Crippen molar-refractivity contribution in [3.05, 3.63) is 56.3 Å². The van der Waals surface area contributed by atoms with Gasteiger partial charge in [0.2, 0.25) is 5.78 Å². The van der Waals surface area contributed by atoms with Gasteiger partial charge in [-0.15, -0.1) is 11.3 Å². The number of rotatable bonds is 2. The molecule has 0 atom stereocenters. The third kappa shape index (κ3) is 2.77. The minimum Gasteiger partial charge on any atom is -0.288 e. The monoisotopic (exact) mass is 306 g/mol. The molecular formula is C17H16F2OS. The highest BCUT2D eigenvalue weighted by molar-refractivity contribution is 7.14. The van der Waals surface area contributed by atoms with E-state index in [2.05, 4.69) is 0 Å². The summed E-state index contributed by atoms with van der Waals surface area (Å²) < 4.78 is 27.2. The fourth-order valence-corrected chi connectivity index (χ4v) is 3.95. The Balaban J connectivity index is 1.97. The van der Waals surface area contributed by atoms with Gasteiger partial charge in [0.1, 0.15) is 11.6 Å². The second kappa shape index (κ2) is 5.68. The molecule has 0 N–H and O–H groups in total. The van der Waals surface area contributed by atoms with Gasteiger partial charge in [-0.1, -0.05) is 6.42 Å². The first-order chi connectivity index (χ1) is 10.1. The molecule has 1 aliphatic rings. The first-order valence-electron chi connectivity index (χ1n) is 7.18. The predicted molar refractivity (Wildman–Crippen MR) is 80.1 cm³/mol. The van der Waals surface area contributed by atoms with Crippen molar-refractivity contribution in [2.75, 3.05) is 0 Å². The molecule has 0 fully saturated rings. The highest BCUT2D eigenvalue weighted by atomic mass is 32.1. The van der Waals surface area contributed by atoms with Gasteiger partial charge >= 0.3 is 0 Å². The predicted octanol–water partition coefficient (Wildman–Crippen LogP) is 4.83. The van der Waals surface area contributed by atoms with Crippen LogP contribution in [-0.4, -0.2) is 5.78 Å². The van der Waals surface area contributed by atoms with Gasteiger partial charge in [-0.2, -0.15) is 0 Å². The van der Waals surface area contributed by atoms with Gasteiger partial charge in [0.15, 0.2) is 0 Å². The van der Waals surface area contributed by atoms with E-state index in [-0.39, 0.29) is 16.9 Å². The van der Waals surface area contributed by atoms with E-state index < -0.39 is 11.6 Å². The Morgan fingerprint density at radius 3 is 2.62 bits per heavy atom. The lowest BCUT2D eigenvalue weighted by Gasteiger charge is -2.03. The van der Waals surface area contributed by atoms with Crippen LogP contribution in [0.5, 0.6) is 0 Å². The molecule has 0 amide bonds. The van der Waals surface area contributed by atoms with Crippen molar-refractivity contribution >= 4 is 17.1 Å². The van der Waals surface area contributed by atoms with Crippen molar-refractivity contribution in [2.45, 2.75) is 39.0 Å². The van der Waals surface area contributed by atoms with Crippen LogP contribution in [0.25, 0.3) is 0 Å². The molecule has 110 valence electrons. The van der Waals surface area contributed by atoms with Gasteiger partial charge in [0.05, 0.1) is 10.4 Å². The molecule has 0 unspecified atom stereocenters. The normalized spacial score (nSPS) is 14.6. The number of halogens is 2. The highest BCUT2D eigenvalue weighted by Gasteiger charge is 2.21. The Morgan fingerprint density at radius 1 is 1.05 bits per heavy atom. The Hall–Kier alpha value is -1.55. The smallest absolute Gasteiger partial charge is 0.205 e. The molecule has 0 saturated heterocycles. The van der Waals surface area contributed by atoms with Crippen LogP contribution in [0.2, 0.25) is 0 Å². The van der Waals surface area contributed by atoms with E-state index in [1.807, 2.05) is 6.07 Å². The van der Waals surface area contributed by atoms with E-state index in [4.69, 9.17) is 0 Å². The van der Waals surface area contributed by atoms with Crippen LogP contribution in [0.1, 0.15) is 50.5 Å². The number of thiophene rings is 1. The summed E-state index contributed by atoms with van der Waals surface area (Å²) in [4.78, 5) is 14.3. The van der Waals surface area contributed by atoms with Gasteiger partial charge in [0.25, 0.3) is 0 Å². The zero-order valence-electron chi connectivity index (χ0n) is 11.8. The summed E-state index contributed by atoms with van der Waals surface area (Å²) in [5.41, 5.74) is 1.48. The van der Waals surface area contributed by atoms with E-state index in [0.29, 0.717) is 4.88 Å². The summed E-state index contributed by atoms with van der Waals surface area (Å²) in [5, 5.41) is 0. The van der Waals surface area contributed by atoms with Crippen molar-refractivity contribution in [3.63, 3.8) is 0 Å². The molecule has 0 radical (unpaired) electrons. The van der Waals surface area contributed by atoms with Crippen molar-refractivity contribution in [1.82, 2.24) is 0 Å². The average Bonchev–Trinajstić information content (AvgIpc) is 2.73. The molecule has 0 aliphatic heterocycles. The molecule has 2 aromatic rings. The molecule has 0 spiro atoms. The lowest BCUT2D eigenvalue weighted by molar-refractivity contribution is 0.103. The van der Waals surface area contributed by atoms with E-state index in [0.717, 1.165) is 31.7 Å². The molecular weight excluding hydrogens is 290 g/mol. The Kier molecular flexibility index (Phi) is 3.89. The summed E-state index contributed by atoms with van der Waals surface area (Å²) in [5.74, 6) is -1.74. The second-order valence-electron chi connectivity index (χ2n) is 5.53. The molecule has 1 aromatic heterocycles. The lowest BCUT2D eigenvalue weighted by Crippen LogP contribution is -2.04. The number of fused-ring (bicyclic) bond motifs is 1. The Labute approximate surface area is 126 Å². The van der Waals surface area contributed by atoms with E-state index >= 15 is 0 Å². The standard InChI is InChI=1S/C17H16F2OS/c1-10-7-12(14(19)9-13(10)18)17(20)16-8-11-5-3-2-4-6-15(11)21-16/h7-9H,2-6H2,1H3. The van der Waals surface area contributed by atoms with Crippen LogP contribution in [0.3, 0.4) is 0 Å². The number of carbonyl (C=O) groups excluding carboxylic acids is 1. The van der Waals surface area contributed by atoms with Gasteiger partial charge in [0, 0.05) is 10.9 Å². The van der Waals surface area contributed by atoms with Gasteiger partial charge < -0.3 is 0 Å². The maximum absolute atomic E-state index is 13.9.